The zero-order valence-corrected chi connectivity index (χ0v) is 26.7. The lowest BCUT2D eigenvalue weighted by Crippen LogP contribution is -1.97. The van der Waals surface area contributed by atoms with Crippen molar-refractivity contribution in [2.75, 3.05) is 0 Å². The summed E-state index contributed by atoms with van der Waals surface area (Å²) in [7, 11) is 0. The highest BCUT2D eigenvalue weighted by atomic mass is 15.1. The first-order valence-electron chi connectivity index (χ1n) is 16.8. The highest BCUT2D eigenvalue weighted by molar-refractivity contribution is 6.22. The molecule has 0 atom stereocenters. The van der Waals surface area contributed by atoms with Gasteiger partial charge in [-0.25, -0.2) is 4.98 Å². The Bertz CT molecular complexity index is 2800. The van der Waals surface area contributed by atoms with Crippen LogP contribution in [0.1, 0.15) is 0 Å². The number of imidazole rings is 1. The van der Waals surface area contributed by atoms with Gasteiger partial charge in [-0.1, -0.05) is 152 Å². The van der Waals surface area contributed by atoms with Gasteiger partial charge >= 0.3 is 0 Å². The first-order chi connectivity index (χ1) is 24.3. The summed E-state index contributed by atoms with van der Waals surface area (Å²) in [5.74, 6) is 0.938. The van der Waals surface area contributed by atoms with Crippen LogP contribution in [0.3, 0.4) is 0 Å². The van der Waals surface area contributed by atoms with Gasteiger partial charge in [0, 0.05) is 11.3 Å². The van der Waals surface area contributed by atoms with Gasteiger partial charge in [0.25, 0.3) is 0 Å². The molecule has 10 aromatic rings. The predicted molar refractivity (Wildman–Crippen MR) is 207 cm³/mol. The summed E-state index contributed by atoms with van der Waals surface area (Å²) in [6, 6.07) is 65.7. The average molecular weight is 623 g/mol. The van der Waals surface area contributed by atoms with Crippen molar-refractivity contribution in [1.29, 1.82) is 0 Å². The lowest BCUT2D eigenvalue weighted by Gasteiger charge is -2.18. The van der Waals surface area contributed by atoms with E-state index in [0.29, 0.717) is 0 Å². The molecule has 0 bridgehead atoms. The molecule has 0 radical (unpaired) electrons. The summed E-state index contributed by atoms with van der Waals surface area (Å²) in [5, 5.41) is 10.1. The molecule has 0 fully saturated rings. The number of hydrogen-bond acceptors (Lipinski definition) is 1. The van der Waals surface area contributed by atoms with E-state index in [1.54, 1.807) is 0 Å². The van der Waals surface area contributed by atoms with E-state index in [1.807, 2.05) is 0 Å². The molecular weight excluding hydrogens is 593 g/mol. The van der Waals surface area contributed by atoms with E-state index in [1.165, 1.54) is 65.3 Å². The van der Waals surface area contributed by atoms with Crippen molar-refractivity contribution in [3.63, 3.8) is 0 Å². The Hall–Kier alpha value is -6.51. The van der Waals surface area contributed by atoms with Crippen LogP contribution in [0.25, 0.3) is 93.5 Å². The Morgan fingerprint density at radius 1 is 0.347 bits per heavy atom. The van der Waals surface area contributed by atoms with Gasteiger partial charge in [0.2, 0.25) is 0 Å². The Balaban J connectivity index is 1.18. The Morgan fingerprint density at radius 2 is 0.837 bits per heavy atom. The summed E-state index contributed by atoms with van der Waals surface area (Å²) in [5.41, 5.74) is 9.22. The standard InChI is InChI=1S/C47H30N2/c1-2-13-36(14-3-1)49-44-21-11-10-20-43(44)48-47(49)34-27-25-33(26-28-34)45-38-16-6-8-18-40(38)46(41-19-9-7-17-39(41)45)35-29-24-32-23-22-31-12-4-5-15-37(31)42(32)30-35/h1-30H. The number of benzene rings is 9. The average Bonchev–Trinajstić information content (AvgIpc) is 3.57. The molecule has 0 spiro atoms. The highest BCUT2D eigenvalue weighted by Gasteiger charge is 2.18. The fourth-order valence-corrected chi connectivity index (χ4v) is 7.75. The Morgan fingerprint density at radius 3 is 1.53 bits per heavy atom. The number of aromatic nitrogens is 2. The molecule has 0 aliphatic heterocycles. The number of hydrogen-bond donors (Lipinski definition) is 0. The lowest BCUT2D eigenvalue weighted by atomic mass is 9.85. The largest absolute Gasteiger partial charge is 0.292 e. The van der Waals surface area contributed by atoms with Crippen molar-refractivity contribution >= 4 is 54.1 Å². The third-order valence-corrected chi connectivity index (χ3v) is 9.97. The van der Waals surface area contributed by atoms with E-state index >= 15 is 0 Å². The molecule has 228 valence electrons. The molecule has 0 amide bonds. The first-order valence-corrected chi connectivity index (χ1v) is 16.8. The summed E-state index contributed by atoms with van der Waals surface area (Å²) in [4.78, 5) is 5.11. The van der Waals surface area contributed by atoms with Crippen LogP contribution in [0, 0.1) is 0 Å². The van der Waals surface area contributed by atoms with E-state index in [9.17, 15) is 0 Å². The quantitative estimate of drug-likeness (QED) is 0.141. The van der Waals surface area contributed by atoms with Crippen LogP contribution >= 0.6 is 0 Å². The molecule has 9 aromatic carbocycles. The fourth-order valence-electron chi connectivity index (χ4n) is 7.75. The van der Waals surface area contributed by atoms with Gasteiger partial charge in [-0.15, -0.1) is 0 Å². The monoisotopic (exact) mass is 622 g/mol. The zero-order chi connectivity index (χ0) is 32.3. The molecular formula is C47H30N2. The maximum atomic E-state index is 5.11. The zero-order valence-electron chi connectivity index (χ0n) is 26.7. The molecule has 1 heterocycles. The smallest absolute Gasteiger partial charge is 0.145 e. The van der Waals surface area contributed by atoms with Gasteiger partial charge in [-0.3, -0.25) is 4.57 Å². The maximum absolute atomic E-state index is 5.11. The maximum Gasteiger partial charge on any atom is 0.145 e. The highest BCUT2D eigenvalue weighted by Crippen LogP contribution is 2.45. The molecule has 0 aliphatic rings. The van der Waals surface area contributed by atoms with Gasteiger partial charge in [0.05, 0.1) is 11.0 Å². The van der Waals surface area contributed by atoms with Crippen LogP contribution < -0.4 is 0 Å². The molecule has 0 saturated carbocycles. The minimum absolute atomic E-state index is 0.938. The van der Waals surface area contributed by atoms with E-state index in [-0.39, 0.29) is 0 Å². The molecule has 2 heteroatoms. The summed E-state index contributed by atoms with van der Waals surface area (Å²) < 4.78 is 2.26. The Labute approximate surface area is 284 Å². The fraction of sp³-hybridized carbons (Fsp3) is 0. The van der Waals surface area contributed by atoms with Gasteiger partial charge in [0.15, 0.2) is 0 Å². The molecule has 10 rings (SSSR count). The van der Waals surface area contributed by atoms with Crippen molar-refractivity contribution in [2.24, 2.45) is 0 Å². The van der Waals surface area contributed by atoms with Crippen LogP contribution in [-0.4, -0.2) is 9.55 Å². The van der Waals surface area contributed by atoms with Crippen LogP contribution in [0.15, 0.2) is 182 Å². The van der Waals surface area contributed by atoms with Crippen molar-refractivity contribution in [2.45, 2.75) is 0 Å². The van der Waals surface area contributed by atoms with Gasteiger partial charge < -0.3 is 0 Å². The van der Waals surface area contributed by atoms with Crippen molar-refractivity contribution in [1.82, 2.24) is 9.55 Å². The molecule has 0 saturated heterocycles. The van der Waals surface area contributed by atoms with E-state index < -0.39 is 0 Å². The normalized spacial score (nSPS) is 11.7. The second-order valence-corrected chi connectivity index (χ2v) is 12.7. The van der Waals surface area contributed by atoms with E-state index in [2.05, 4.69) is 187 Å². The van der Waals surface area contributed by atoms with Gasteiger partial charge in [-0.2, -0.15) is 0 Å². The Kier molecular flexibility index (Phi) is 6.22. The van der Waals surface area contributed by atoms with Crippen LogP contribution in [-0.2, 0) is 0 Å². The molecule has 1 aromatic heterocycles. The molecule has 0 N–H and O–H groups in total. The number of para-hydroxylation sites is 3. The van der Waals surface area contributed by atoms with Crippen molar-refractivity contribution in [3.05, 3.63) is 182 Å². The number of rotatable bonds is 4. The van der Waals surface area contributed by atoms with Crippen molar-refractivity contribution in [3.8, 4) is 39.3 Å². The SMILES string of the molecule is c1ccc(-n2c(-c3ccc(-c4c5ccccc5c(-c5ccc6ccc7ccccc7c6c5)c5ccccc45)cc3)nc3ccccc32)cc1. The van der Waals surface area contributed by atoms with Crippen LogP contribution in [0.4, 0.5) is 0 Å². The summed E-state index contributed by atoms with van der Waals surface area (Å²) in [6.45, 7) is 0. The second kappa shape index (κ2) is 11.0. The second-order valence-electron chi connectivity index (χ2n) is 12.7. The first kappa shape index (κ1) is 27.6. The van der Waals surface area contributed by atoms with Crippen molar-refractivity contribution < 1.29 is 0 Å². The van der Waals surface area contributed by atoms with Gasteiger partial charge in [-0.05, 0) is 95.7 Å². The number of nitrogens with zero attached hydrogens (tertiary/aromatic N) is 2. The van der Waals surface area contributed by atoms with Gasteiger partial charge in [0.1, 0.15) is 5.82 Å². The molecule has 0 aliphatic carbocycles. The third kappa shape index (κ3) is 4.38. The van der Waals surface area contributed by atoms with E-state index in [4.69, 9.17) is 4.98 Å². The summed E-state index contributed by atoms with van der Waals surface area (Å²) in [6.07, 6.45) is 0. The minimum atomic E-state index is 0.938. The third-order valence-electron chi connectivity index (χ3n) is 9.97. The summed E-state index contributed by atoms with van der Waals surface area (Å²) >= 11 is 0. The molecule has 49 heavy (non-hydrogen) atoms. The minimum Gasteiger partial charge on any atom is -0.292 e. The topological polar surface area (TPSA) is 17.8 Å². The number of fused-ring (bicyclic) bond motifs is 6. The predicted octanol–water partition coefficient (Wildman–Crippen LogP) is 12.6. The van der Waals surface area contributed by atoms with Crippen LogP contribution in [0.2, 0.25) is 0 Å². The molecule has 2 nitrogen and oxygen atoms in total. The van der Waals surface area contributed by atoms with Crippen LogP contribution in [0.5, 0.6) is 0 Å². The van der Waals surface area contributed by atoms with E-state index in [0.717, 1.165) is 28.1 Å². The lowest BCUT2D eigenvalue weighted by molar-refractivity contribution is 1.10. The molecule has 0 unspecified atom stereocenters.